The van der Waals surface area contributed by atoms with Gasteiger partial charge in [-0.25, -0.2) is 4.98 Å². The van der Waals surface area contributed by atoms with Crippen LogP contribution in [0.15, 0.2) is 60.1 Å². The second-order valence-corrected chi connectivity index (χ2v) is 9.09. The van der Waals surface area contributed by atoms with E-state index in [-0.39, 0.29) is 5.75 Å². The maximum Gasteiger partial charge on any atom is 0.132 e. The van der Waals surface area contributed by atoms with E-state index in [2.05, 4.69) is 39.6 Å². The highest BCUT2D eigenvalue weighted by Gasteiger charge is 2.15. The van der Waals surface area contributed by atoms with Gasteiger partial charge in [-0.2, -0.15) is 0 Å². The van der Waals surface area contributed by atoms with Gasteiger partial charge in [0.25, 0.3) is 0 Å². The van der Waals surface area contributed by atoms with Gasteiger partial charge in [-0.1, -0.05) is 41.4 Å². The van der Waals surface area contributed by atoms with Crippen LogP contribution < -0.4 is 5.73 Å². The van der Waals surface area contributed by atoms with E-state index in [0.29, 0.717) is 5.82 Å². The predicted octanol–water partition coefficient (Wildman–Crippen LogP) is 5.38. The number of rotatable bonds is 4. The van der Waals surface area contributed by atoms with Crippen molar-refractivity contribution in [3.63, 3.8) is 0 Å². The minimum absolute atomic E-state index is 0.0138. The van der Waals surface area contributed by atoms with Gasteiger partial charge in [0.2, 0.25) is 0 Å². The molecule has 7 heteroatoms. The first-order valence-electron chi connectivity index (χ1n) is 9.40. The van der Waals surface area contributed by atoms with Crippen LogP contribution in [-0.2, 0) is 16.8 Å². The van der Waals surface area contributed by atoms with Gasteiger partial charge in [-0.05, 0) is 47.2 Å². The number of aromatic amines is 1. The van der Waals surface area contributed by atoms with Crippen molar-refractivity contribution >= 4 is 49.2 Å². The Bertz CT molecular complexity index is 1420. The molecule has 0 aliphatic carbocycles. The maximum atomic E-state index is 10.9. The largest absolute Gasteiger partial charge is 0.772 e. The average Bonchev–Trinajstić information content (AvgIpc) is 3.31. The summed E-state index contributed by atoms with van der Waals surface area (Å²) in [7, 11) is 0. The van der Waals surface area contributed by atoms with Gasteiger partial charge in [-0.3, -0.25) is 4.21 Å². The normalized spacial score (nSPS) is 12.6. The fourth-order valence-corrected chi connectivity index (χ4v) is 5.43. The molecule has 3 heterocycles. The molecule has 30 heavy (non-hydrogen) atoms. The molecule has 1 unspecified atom stereocenters. The second-order valence-electron chi connectivity index (χ2n) is 7.31. The lowest BCUT2D eigenvalue weighted by Gasteiger charge is -2.09. The number of hydrogen-bond acceptors (Lipinski definition) is 5. The van der Waals surface area contributed by atoms with Crippen LogP contribution in [0.2, 0.25) is 0 Å². The zero-order valence-corrected chi connectivity index (χ0v) is 17.8. The van der Waals surface area contributed by atoms with Crippen molar-refractivity contribution in [2.75, 3.05) is 5.73 Å². The molecule has 3 aromatic heterocycles. The van der Waals surface area contributed by atoms with E-state index in [1.54, 1.807) is 17.5 Å². The zero-order chi connectivity index (χ0) is 20.8. The van der Waals surface area contributed by atoms with E-state index in [9.17, 15) is 8.76 Å². The average molecular weight is 433 g/mol. The SMILES string of the molecule is Cc1cc2cc(-c3csc4c(-c5ccc(CS(=O)[O-])cc5)cnc(N)c34)ccc2[nH]1. The molecule has 0 aliphatic rings. The summed E-state index contributed by atoms with van der Waals surface area (Å²) in [5.41, 5.74) is 13.5. The standard InChI is InChI=1S/C23H19N3O2S2/c1-13-8-17-9-16(6-7-20(17)26-13)19-11-29-22-18(10-25-23(24)21(19)22)15-4-2-14(3-5-15)12-30(27)28/h2-11,26H,12H2,1H3,(H2,24,25)(H,27,28)/p-1. The highest BCUT2D eigenvalue weighted by molar-refractivity contribution is 7.78. The Morgan fingerprint density at radius 1 is 1.10 bits per heavy atom. The monoisotopic (exact) mass is 432 g/mol. The summed E-state index contributed by atoms with van der Waals surface area (Å²) in [6.07, 6.45) is 1.79. The first kappa shape index (κ1) is 19.0. The fraction of sp³-hybridized carbons (Fsp3) is 0.0870. The van der Waals surface area contributed by atoms with Gasteiger partial charge < -0.3 is 15.3 Å². The van der Waals surface area contributed by atoms with Crippen molar-refractivity contribution in [2.45, 2.75) is 12.7 Å². The van der Waals surface area contributed by atoms with Crippen molar-refractivity contribution in [2.24, 2.45) is 0 Å². The van der Waals surface area contributed by atoms with Crippen LogP contribution in [0, 0.1) is 6.92 Å². The number of nitrogens with one attached hydrogen (secondary N) is 1. The van der Waals surface area contributed by atoms with Crippen molar-refractivity contribution in [1.29, 1.82) is 0 Å². The fourth-order valence-electron chi connectivity index (χ4n) is 3.85. The van der Waals surface area contributed by atoms with E-state index in [1.807, 2.05) is 31.2 Å². The summed E-state index contributed by atoms with van der Waals surface area (Å²) in [6, 6.07) is 16.0. The first-order valence-corrected chi connectivity index (χ1v) is 11.5. The van der Waals surface area contributed by atoms with E-state index in [0.717, 1.165) is 49.1 Å². The van der Waals surface area contributed by atoms with Crippen LogP contribution in [-0.4, -0.2) is 18.7 Å². The highest BCUT2D eigenvalue weighted by atomic mass is 32.2. The molecular weight excluding hydrogens is 414 g/mol. The van der Waals surface area contributed by atoms with Gasteiger partial charge in [0.1, 0.15) is 5.82 Å². The molecule has 0 aliphatic heterocycles. The molecule has 0 bridgehead atoms. The predicted molar refractivity (Wildman–Crippen MR) is 124 cm³/mol. The van der Waals surface area contributed by atoms with Crippen LogP contribution in [0.1, 0.15) is 11.3 Å². The highest BCUT2D eigenvalue weighted by Crippen LogP contribution is 2.42. The minimum atomic E-state index is -2.10. The Morgan fingerprint density at radius 2 is 1.87 bits per heavy atom. The van der Waals surface area contributed by atoms with Crippen LogP contribution in [0.3, 0.4) is 0 Å². The number of nitrogens with zero attached hydrogens (tertiary/aromatic N) is 1. The molecule has 0 saturated heterocycles. The molecule has 5 rings (SSSR count). The molecular formula is C23H18N3O2S2-. The number of aromatic nitrogens is 2. The molecule has 3 N–H and O–H groups in total. The van der Waals surface area contributed by atoms with E-state index in [4.69, 9.17) is 5.73 Å². The van der Waals surface area contributed by atoms with Crippen molar-refractivity contribution in [3.8, 4) is 22.3 Å². The molecule has 2 aromatic carbocycles. The van der Waals surface area contributed by atoms with Crippen LogP contribution in [0.25, 0.3) is 43.2 Å². The van der Waals surface area contributed by atoms with E-state index >= 15 is 0 Å². The number of aryl methyl sites for hydroxylation is 1. The quantitative estimate of drug-likeness (QED) is 0.373. The van der Waals surface area contributed by atoms with E-state index in [1.165, 1.54) is 5.39 Å². The number of pyridine rings is 1. The summed E-state index contributed by atoms with van der Waals surface area (Å²) in [4.78, 5) is 7.81. The van der Waals surface area contributed by atoms with Crippen LogP contribution >= 0.6 is 11.3 Å². The molecule has 1 atom stereocenters. The van der Waals surface area contributed by atoms with Crippen LogP contribution in [0.5, 0.6) is 0 Å². The lowest BCUT2D eigenvalue weighted by atomic mass is 10.00. The number of fused-ring (bicyclic) bond motifs is 2. The number of thiophene rings is 1. The van der Waals surface area contributed by atoms with Gasteiger partial charge in [0, 0.05) is 49.8 Å². The van der Waals surface area contributed by atoms with Gasteiger partial charge in [0.05, 0.1) is 0 Å². The summed E-state index contributed by atoms with van der Waals surface area (Å²) >= 11 is -0.455. The molecule has 5 nitrogen and oxygen atoms in total. The molecule has 5 aromatic rings. The maximum absolute atomic E-state index is 10.9. The number of benzene rings is 2. The number of H-pyrrole nitrogens is 1. The van der Waals surface area contributed by atoms with Gasteiger partial charge in [-0.15, -0.1) is 11.3 Å². The lowest BCUT2D eigenvalue weighted by Crippen LogP contribution is -1.94. The summed E-state index contributed by atoms with van der Waals surface area (Å²) in [5, 5.41) is 4.24. The molecule has 0 saturated carbocycles. The first-order chi connectivity index (χ1) is 14.5. The molecule has 0 fully saturated rings. The van der Waals surface area contributed by atoms with Crippen molar-refractivity contribution < 1.29 is 8.76 Å². The second kappa shape index (κ2) is 7.36. The Labute approximate surface area is 179 Å². The third-order valence-electron chi connectivity index (χ3n) is 5.24. The number of nitrogens with two attached hydrogens (primary N) is 1. The summed E-state index contributed by atoms with van der Waals surface area (Å²) in [5.74, 6) is 0.522. The lowest BCUT2D eigenvalue weighted by molar-refractivity contribution is 0.536. The van der Waals surface area contributed by atoms with Crippen LogP contribution in [0.4, 0.5) is 5.82 Å². The minimum Gasteiger partial charge on any atom is -0.772 e. The molecule has 0 radical (unpaired) electrons. The Kier molecular flexibility index (Phi) is 4.66. The number of anilines is 1. The Balaban J connectivity index is 1.63. The Morgan fingerprint density at radius 3 is 2.63 bits per heavy atom. The van der Waals surface area contributed by atoms with Gasteiger partial charge in [0.15, 0.2) is 0 Å². The zero-order valence-electron chi connectivity index (χ0n) is 16.1. The third-order valence-corrected chi connectivity index (χ3v) is 6.82. The molecule has 0 amide bonds. The van der Waals surface area contributed by atoms with Crippen molar-refractivity contribution in [3.05, 3.63) is 71.4 Å². The number of hydrogen-bond donors (Lipinski definition) is 2. The van der Waals surface area contributed by atoms with Crippen molar-refractivity contribution in [1.82, 2.24) is 9.97 Å². The van der Waals surface area contributed by atoms with E-state index < -0.39 is 11.1 Å². The number of nitrogen functional groups attached to an aromatic ring is 1. The van der Waals surface area contributed by atoms with Gasteiger partial charge >= 0.3 is 0 Å². The molecule has 0 spiro atoms. The Hall–Kier alpha value is -3.00. The summed E-state index contributed by atoms with van der Waals surface area (Å²) < 4.78 is 22.9. The molecule has 150 valence electrons. The summed E-state index contributed by atoms with van der Waals surface area (Å²) in [6.45, 7) is 2.05. The third kappa shape index (κ3) is 3.31. The smallest absolute Gasteiger partial charge is 0.132 e. The topological polar surface area (TPSA) is 94.8 Å².